The molecule has 0 aromatic carbocycles. The van der Waals surface area contributed by atoms with Crippen molar-refractivity contribution in [2.24, 2.45) is 4.99 Å². The first-order valence-electron chi connectivity index (χ1n) is 7.28. The molecule has 0 aromatic heterocycles. The summed E-state index contributed by atoms with van der Waals surface area (Å²) in [5.41, 5.74) is 0. The van der Waals surface area contributed by atoms with Gasteiger partial charge in [-0.25, -0.2) is 0 Å². The van der Waals surface area contributed by atoms with E-state index in [0.29, 0.717) is 6.42 Å². The topological polar surface area (TPSA) is 96.2 Å². The van der Waals surface area contributed by atoms with Crippen molar-refractivity contribution in [2.75, 3.05) is 19.8 Å². The van der Waals surface area contributed by atoms with Gasteiger partial charge in [0.05, 0.1) is 19.3 Å². The van der Waals surface area contributed by atoms with Crippen molar-refractivity contribution in [1.82, 2.24) is 4.90 Å². The average molecular weight is 294 g/mol. The zero-order valence-electron chi connectivity index (χ0n) is 13.5. The molecule has 0 spiro atoms. The molecule has 1 unspecified atom stereocenters. The third-order valence-electron chi connectivity index (χ3n) is 2.82. The van der Waals surface area contributed by atoms with Crippen molar-refractivity contribution in [3.63, 3.8) is 0 Å². The molecule has 0 rings (SSSR count). The SMILES string of the molecule is CCCCCCCC([O-])=NCN(CC(=O)O)CC(C)O.[Li+]. The van der Waals surface area contributed by atoms with E-state index < -0.39 is 12.1 Å². The Kier molecular flexibility index (Phi) is 15.6. The van der Waals surface area contributed by atoms with Crippen molar-refractivity contribution >= 4 is 11.9 Å². The second-order valence-electron chi connectivity index (χ2n) is 5.11. The fourth-order valence-electron chi connectivity index (χ4n) is 1.87. The molecule has 21 heavy (non-hydrogen) atoms. The minimum atomic E-state index is -0.993. The predicted octanol–water partition coefficient (Wildman–Crippen LogP) is -2.17. The number of aliphatic imine (C=N–C) groups is 1. The van der Waals surface area contributed by atoms with Gasteiger partial charge in [-0.3, -0.25) is 14.7 Å². The van der Waals surface area contributed by atoms with E-state index in [1.807, 2.05) is 0 Å². The van der Waals surface area contributed by atoms with E-state index in [9.17, 15) is 15.0 Å². The average Bonchev–Trinajstić information content (AvgIpc) is 2.34. The Morgan fingerprint density at radius 1 is 1.29 bits per heavy atom. The minimum absolute atomic E-state index is 0. The number of unbranched alkanes of at least 4 members (excludes halogenated alkanes) is 4. The molecule has 6 nitrogen and oxygen atoms in total. The Balaban J connectivity index is 0. The standard InChI is InChI=1S/C14H28N2O4.Li/c1-3-4-5-6-7-8-13(18)15-11-16(9-12(2)17)10-14(19)20;/h12,17H,3-11H2,1-2H3,(H,15,18)(H,19,20);/q;+1/p-1. The molecule has 0 amide bonds. The van der Waals surface area contributed by atoms with Gasteiger partial charge in [-0.2, -0.15) is 0 Å². The number of aliphatic hydroxyl groups excluding tert-OH is 1. The largest absolute Gasteiger partial charge is 1.00 e. The molecule has 2 N–H and O–H groups in total. The number of aliphatic hydroxyl groups is 1. The van der Waals surface area contributed by atoms with Gasteiger partial charge in [0.1, 0.15) is 0 Å². The third-order valence-corrected chi connectivity index (χ3v) is 2.82. The second-order valence-corrected chi connectivity index (χ2v) is 5.11. The normalized spacial score (nSPS) is 13.0. The maximum Gasteiger partial charge on any atom is 1.00 e. The fourth-order valence-corrected chi connectivity index (χ4v) is 1.87. The van der Waals surface area contributed by atoms with Crippen LogP contribution in [0.4, 0.5) is 0 Å². The Bertz CT molecular complexity index is 299. The Hall–Kier alpha value is -0.543. The van der Waals surface area contributed by atoms with Gasteiger partial charge >= 0.3 is 24.8 Å². The molecule has 0 fully saturated rings. The van der Waals surface area contributed by atoms with Crippen molar-refractivity contribution in [3.05, 3.63) is 0 Å². The van der Waals surface area contributed by atoms with E-state index in [4.69, 9.17) is 5.11 Å². The zero-order valence-corrected chi connectivity index (χ0v) is 13.5. The van der Waals surface area contributed by atoms with Gasteiger partial charge in [-0.15, -0.1) is 0 Å². The van der Waals surface area contributed by atoms with Crippen LogP contribution in [0, 0.1) is 0 Å². The minimum Gasteiger partial charge on any atom is -0.862 e. The molecule has 118 valence electrons. The van der Waals surface area contributed by atoms with E-state index in [2.05, 4.69) is 11.9 Å². The summed E-state index contributed by atoms with van der Waals surface area (Å²) < 4.78 is 0. The van der Waals surface area contributed by atoms with Crippen LogP contribution >= 0.6 is 0 Å². The van der Waals surface area contributed by atoms with Crippen molar-refractivity contribution in [3.8, 4) is 0 Å². The van der Waals surface area contributed by atoms with Crippen LogP contribution < -0.4 is 24.0 Å². The first kappa shape index (κ1) is 22.7. The molecule has 7 heteroatoms. The van der Waals surface area contributed by atoms with E-state index >= 15 is 0 Å². The molecule has 0 saturated heterocycles. The number of aliphatic carboxylic acids is 1. The summed E-state index contributed by atoms with van der Waals surface area (Å²) in [4.78, 5) is 16.0. The van der Waals surface area contributed by atoms with Crippen LogP contribution in [-0.4, -0.2) is 52.8 Å². The van der Waals surface area contributed by atoms with Gasteiger partial charge in [0.15, 0.2) is 0 Å². The molecule has 0 radical (unpaired) electrons. The summed E-state index contributed by atoms with van der Waals surface area (Å²) in [6, 6.07) is 0. The van der Waals surface area contributed by atoms with Crippen molar-refractivity contribution in [2.45, 2.75) is 58.5 Å². The Morgan fingerprint density at radius 3 is 2.43 bits per heavy atom. The first-order chi connectivity index (χ1) is 9.45. The summed E-state index contributed by atoms with van der Waals surface area (Å²) >= 11 is 0. The summed E-state index contributed by atoms with van der Waals surface area (Å²) in [5, 5.41) is 29.5. The zero-order chi connectivity index (χ0) is 15.4. The number of carbonyl (C=O) groups is 1. The summed E-state index contributed by atoms with van der Waals surface area (Å²) in [7, 11) is 0. The number of carboxylic acids is 1. The number of hydrogen-bond donors (Lipinski definition) is 2. The molecule has 0 aliphatic carbocycles. The van der Waals surface area contributed by atoms with E-state index in [1.54, 1.807) is 6.92 Å². The van der Waals surface area contributed by atoms with Crippen LogP contribution in [0.15, 0.2) is 4.99 Å². The smallest absolute Gasteiger partial charge is 0.862 e. The molecule has 0 saturated carbocycles. The van der Waals surface area contributed by atoms with Gasteiger partial charge < -0.3 is 15.3 Å². The van der Waals surface area contributed by atoms with Gasteiger partial charge in [-0.05, 0) is 25.7 Å². The van der Waals surface area contributed by atoms with Crippen LogP contribution in [0.3, 0.4) is 0 Å². The predicted molar refractivity (Wildman–Crippen MR) is 76.6 cm³/mol. The first-order valence-corrected chi connectivity index (χ1v) is 7.28. The maximum absolute atomic E-state index is 11.5. The Morgan fingerprint density at radius 2 is 1.90 bits per heavy atom. The number of nitrogens with zero attached hydrogens (tertiary/aromatic N) is 2. The Labute approximate surface area is 139 Å². The van der Waals surface area contributed by atoms with Crippen LogP contribution in [0.25, 0.3) is 0 Å². The monoisotopic (exact) mass is 294 g/mol. The molecule has 1 atom stereocenters. The second kappa shape index (κ2) is 14.4. The quantitative estimate of drug-likeness (QED) is 0.185. The third kappa shape index (κ3) is 15.7. The number of carboxylic acid groups (broad SMARTS) is 1. The molecule has 0 heterocycles. The molecule has 0 aromatic rings. The van der Waals surface area contributed by atoms with Crippen LogP contribution in [0.2, 0.25) is 0 Å². The van der Waals surface area contributed by atoms with Gasteiger partial charge in [0.2, 0.25) is 0 Å². The summed E-state index contributed by atoms with van der Waals surface area (Å²) in [6.45, 7) is 3.72. The van der Waals surface area contributed by atoms with Gasteiger partial charge in [0, 0.05) is 6.54 Å². The fraction of sp³-hybridized carbons (Fsp3) is 0.857. The summed E-state index contributed by atoms with van der Waals surface area (Å²) in [5.74, 6) is -1.18. The van der Waals surface area contributed by atoms with Crippen LogP contribution in [0.1, 0.15) is 52.4 Å². The number of rotatable bonds is 12. The molecule has 0 bridgehead atoms. The number of hydrogen-bond acceptors (Lipinski definition) is 5. The van der Waals surface area contributed by atoms with Gasteiger partial charge in [0.25, 0.3) is 0 Å². The van der Waals surface area contributed by atoms with E-state index in [1.165, 1.54) is 17.7 Å². The molecular weight excluding hydrogens is 267 g/mol. The van der Waals surface area contributed by atoms with Crippen molar-refractivity contribution < 1.29 is 39.0 Å². The van der Waals surface area contributed by atoms with Crippen LogP contribution in [-0.2, 0) is 4.79 Å². The molecule has 0 aliphatic heterocycles. The van der Waals surface area contributed by atoms with Crippen molar-refractivity contribution in [1.29, 1.82) is 0 Å². The van der Waals surface area contributed by atoms with E-state index in [-0.39, 0.29) is 44.5 Å². The van der Waals surface area contributed by atoms with E-state index in [0.717, 1.165) is 19.3 Å². The maximum atomic E-state index is 11.5. The summed E-state index contributed by atoms with van der Waals surface area (Å²) in [6.07, 6.45) is 5.12. The molecule has 0 aliphatic rings. The van der Waals surface area contributed by atoms with Crippen LogP contribution in [0.5, 0.6) is 0 Å². The molecular formula is C14H27LiN2O4. The van der Waals surface area contributed by atoms with Gasteiger partial charge in [-0.1, -0.05) is 32.6 Å².